The summed E-state index contributed by atoms with van der Waals surface area (Å²) in [6.45, 7) is 14.0. The lowest BCUT2D eigenvalue weighted by atomic mass is 10.00. The zero-order valence-electron chi connectivity index (χ0n) is 13.5. The van der Waals surface area contributed by atoms with E-state index in [0.717, 1.165) is 24.5 Å². The number of nitrogens with one attached hydrogen (secondary N) is 1. The van der Waals surface area contributed by atoms with Crippen LogP contribution in [0.2, 0.25) is 0 Å². The molecule has 0 fully saturated rings. The van der Waals surface area contributed by atoms with Gasteiger partial charge in [-0.1, -0.05) is 26.8 Å². The Bertz CT molecular complexity index is 410. The zero-order valence-corrected chi connectivity index (χ0v) is 13.5. The molecule has 0 saturated heterocycles. The lowest BCUT2D eigenvalue weighted by molar-refractivity contribution is 0.467. The summed E-state index contributed by atoms with van der Waals surface area (Å²) in [7, 11) is 2.12. The number of aryl methyl sites for hydroxylation is 1. The topological polar surface area (TPSA) is 28.2 Å². The van der Waals surface area contributed by atoms with Gasteiger partial charge in [-0.05, 0) is 38.8 Å². The highest BCUT2D eigenvalue weighted by Gasteiger charge is 2.22. The third kappa shape index (κ3) is 4.20. The van der Waals surface area contributed by atoms with Crippen molar-refractivity contribution in [3.05, 3.63) is 23.4 Å². The second-order valence-electron chi connectivity index (χ2n) is 6.17. The monoisotopic (exact) mass is 263 g/mol. The average Bonchev–Trinajstić information content (AvgIpc) is 2.36. The van der Waals surface area contributed by atoms with Crippen LogP contribution in [-0.4, -0.2) is 23.6 Å². The third-order valence-electron chi connectivity index (χ3n) is 4.00. The summed E-state index contributed by atoms with van der Waals surface area (Å²) < 4.78 is 0. The molecule has 0 aromatic carbocycles. The molecule has 1 rings (SSSR count). The van der Waals surface area contributed by atoms with Gasteiger partial charge in [0.05, 0.1) is 0 Å². The largest absolute Gasteiger partial charge is 0.355 e. The smallest absolute Gasteiger partial charge is 0.128 e. The van der Waals surface area contributed by atoms with Crippen LogP contribution in [0.3, 0.4) is 0 Å². The van der Waals surface area contributed by atoms with Crippen molar-refractivity contribution in [2.45, 2.75) is 66.1 Å². The Labute approximate surface area is 118 Å². The Morgan fingerprint density at radius 2 is 1.95 bits per heavy atom. The van der Waals surface area contributed by atoms with Gasteiger partial charge in [0.2, 0.25) is 0 Å². The highest BCUT2D eigenvalue weighted by Crippen LogP contribution is 2.24. The summed E-state index contributed by atoms with van der Waals surface area (Å²) in [5.74, 6) is 1.05. The quantitative estimate of drug-likeness (QED) is 0.851. The van der Waals surface area contributed by atoms with E-state index >= 15 is 0 Å². The second-order valence-corrected chi connectivity index (χ2v) is 6.17. The standard InChI is InChI=1S/C16H29N3/c1-8-16(5,6)19(7)15-10-9-14(13(4)18-15)11-17-12(2)3/h9-10,12,17H,8,11H2,1-7H3. The van der Waals surface area contributed by atoms with Gasteiger partial charge in [-0.25, -0.2) is 4.98 Å². The molecule has 1 heterocycles. The van der Waals surface area contributed by atoms with Crippen LogP contribution in [0.4, 0.5) is 5.82 Å². The Morgan fingerprint density at radius 3 is 2.42 bits per heavy atom. The lowest BCUT2D eigenvalue weighted by Crippen LogP contribution is -2.41. The van der Waals surface area contributed by atoms with Gasteiger partial charge in [0, 0.05) is 30.9 Å². The molecule has 0 amide bonds. The molecule has 0 spiro atoms. The fraction of sp³-hybridized carbons (Fsp3) is 0.688. The molecule has 0 radical (unpaired) electrons. The van der Waals surface area contributed by atoms with Crippen molar-refractivity contribution in [3.63, 3.8) is 0 Å². The molecule has 3 nitrogen and oxygen atoms in total. The maximum absolute atomic E-state index is 4.75. The molecule has 0 bridgehead atoms. The summed E-state index contributed by atoms with van der Waals surface area (Å²) in [6, 6.07) is 4.82. The van der Waals surface area contributed by atoms with E-state index in [1.807, 2.05) is 0 Å². The molecule has 108 valence electrons. The predicted molar refractivity (Wildman–Crippen MR) is 83.7 cm³/mol. The van der Waals surface area contributed by atoms with Crippen LogP contribution in [0.5, 0.6) is 0 Å². The van der Waals surface area contributed by atoms with Crippen molar-refractivity contribution in [1.82, 2.24) is 10.3 Å². The van der Waals surface area contributed by atoms with Crippen molar-refractivity contribution in [3.8, 4) is 0 Å². The SMILES string of the molecule is CCC(C)(C)N(C)c1ccc(CNC(C)C)c(C)n1. The molecule has 0 saturated carbocycles. The molecule has 1 aromatic heterocycles. The van der Waals surface area contributed by atoms with Gasteiger partial charge < -0.3 is 10.2 Å². The predicted octanol–water partition coefficient (Wildman–Crippen LogP) is 3.51. The first-order valence-electron chi connectivity index (χ1n) is 7.21. The normalized spacial score (nSPS) is 12.0. The van der Waals surface area contributed by atoms with Gasteiger partial charge >= 0.3 is 0 Å². The molecule has 0 aliphatic carbocycles. The van der Waals surface area contributed by atoms with Gasteiger partial charge in [-0.3, -0.25) is 0 Å². The van der Waals surface area contributed by atoms with Crippen molar-refractivity contribution in [2.75, 3.05) is 11.9 Å². The Balaban J connectivity index is 2.87. The molecule has 0 atom stereocenters. The van der Waals surface area contributed by atoms with Gasteiger partial charge in [0.25, 0.3) is 0 Å². The summed E-state index contributed by atoms with van der Waals surface area (Å²) >= 11 is 0. The third-order valence-corrected chi connectivity index (χ3v) is 4.00. The minimum atomic E-state index is 0.136. The maximum Gasteiger partial charge on any atom is 0.128 e. The van der Waals surface area contributed by atoms with Crippen LogP contribution in [0.15, 0.2) is 12.1 Å². The summed E-state index contributed by atoms with van der Waals surface area (Å²) in [6.07, 6.45) is 1.10. The molecule has 3 heteroatoms. The number of hydrogen-bond acceptors (Lipinski definition) is 3. The van der Waals surface area contributed by atoms with Gasteiger partial charge in [0.1, 0.15) is 5.82 Å². The molecule has 0 unspecified atom stereocenters. The minimum absolute atomic E-state index is 0.136. The summed E-state index contributed by atoms with van der Waals surface area (Å²) in [5.41, 5.74) is 2.53. The van der Waals surface area contributed by atoms with Gasteiger partial charge in [0.15, 0.2) is 0 Å². The van der Waals surface area contributed by atoms with Crippen molar-refractivity contribution in [2.24, 2.45) is 0 Å². The van der Waals surface area contributed by atoms with Crippen molar-refractivity contribution >= 4 is 5.82 Å². The van der Waals surface area contributed by atoms with E-state index < -0.39 is 0 Å². The Morgan fingerprint density at radius 1 is 1.32 bits per heavy atom. The van der Waals surface area contributed by atoms with Crippen molar-refractivity contribution < 1.29 is 0 Å². The molecule has 0 aliphatic heterocycles. The summed E-state index contributed by atoms with van der Waals surface area (Å²) in [4.78, 5) is 7.01. The number of aromatic nitrogens is 1. The number of anilines is 1. The Kier molecular flexibility index (Phi) is 5.36. The van der Waals surface area contributed by atoms with E-state index in [0.29, 0.717) is 6.04 Å². The molecule has 0 aliphatic rings. The Hall–Kier alpha value is -1.09. The first kappa shape index (κ1) is 16.0. The van der Waals surface area contributed by atoms with Crippen LogP contribution >= 0.6 is 0 Å². The van der Waals surface area contributed by atoms with Crippen LogP contribution in [0, 0.1) is 6.92 Å². The first-order valence-corrected chi connectivity index (χ1v) is 7.21. The maximum atomic E-state index is 4.75. The lowest BCUT2D eigenvalue weighted by Gasteiger charge is -2.36. The van der Waals surface area contributed by atoms with Crippen molar-refractivity contribution in [1.29, 1.82) is 0 Å². The highest BCUT2D eigenvalue weighted by atomic mass is 15.2. The first-order chi connectivity index (χ1) is 8.77. The van der Waals surface area contributed by atoms with E-state index in [9.17, 15) is 0 Å². The second kappa shape index (κ2) is 6.38. The number of hydrogen-bond donors (Lipinski definition) is 1. The van der Waals surface area contributed by atoms with E-state index in [2.05, 4.69) is 70.9 Å². The number of rotatable bonds is 6. The number of pyridine rings is 1. The van der Waals surface area contributed by atoms with E-state index in [-0.39, 0.29) is 5.54 Å². The van der Waals surface area contributed by atoms with Crippen LogP contribution in [0.25, 0.3) is 0 Å². The van der Waals surface area contributed by atoms with Crippen LogP contribution in [0.1, 0.15) is 52.3 Å². The molecule has 1 N–H and O–H groups in total. The molecule has 1 aromatic rings. The van der Waals surface area contributed by atoms with E-state index in [1.54, 1.807) is 0 Å². The summed E-state index contributed by atoms with van der Waals surface area (Å²) in [5, 5.41) is 3.44. The highest BCUT2D eigenvalue weighted by molar-refractivity contribution is 5.43. The molecule has 19 heavy (non-hydrogen) atoms. The van der Waals surface area contributed by atoms with E-state index in [4.69, 9.17) is 4.98 Å². The van der Waals surface area contributed by atoms with Crippen LogP contribution < -0.4 is 10.2 Å². The average molecular weight is 263 g/mol. The molecular weight excluding hydrogens is 234 g/mol. The van der Waals surface area contributed by atoms with E-state index in [1.165, 1.54) is 5.56 Å². The van der Waals surface area contributed by atoms with Gasteiger partial charge in [-0.15, -0.1) is 0 Å². The fourth-order valence-electron chi connectivity index (χ4n) is 1.81. The zero-order chi connectivity index (χ0) is 14.6. The minimum Gasteiger partial charge on any atom is -0.355 e. The fourth-order valence-corrected chi connectivity index (χ4v) is 1.81. The van der Waals surface area contributed by atoms with Crippen LogP contribution in [-0.2, 0) is 6.54 Å². The molecular formula is C16H29N3. The van der Waals surface area contributed by atoms with Gasteiger partial charge in [-0.2, -0.15) is 0 Å². The number of nitrogens with zero attached hydrogens (tertiary/aromatic N) is 2.